The molecule has 16 heavy (non-hydrogen) atoms. The summed E-state index contributed by atoms with van der Waals surface area (Å²) in [5, 5.41) is 3.49. The van der Waals surface area contributed by atoms with E-state index >= 15 is 0 Å². The Morgan fingerprint density at radius 3 is 3.06 bits per heavy atom. The molecular formula is C12H19N3O. The lowest BCUT2D eigenvalue weighted by Gasteiger charge is -2.23. The molecule has 1 unspecified atom stereocenters. The van der Waals surface area contributed by atoms with Crippen molar-refractivity contribution in [1.29, 1.82) is 0 Å². The van der Waals surface area contributed by atoms with Crippen molar-refractivity contribution in [3.63, 3.8) is 0 Å². The summed E-state index contributed by atoms with van der Waals surface area (Å²) >= 11 is 0. The van der Waals surface area contributed by atoms with E-state index in [0.717, 1.165) is 13.0 Å². The van der Waals surface area contributed by atoms with Gasteiger partial charge in [0.2, 0.25) is 5.88 Å². The highest BCUT2D eigenvalue weighted by Gasteiger charge is 2.11. The number of nitrogens with two attached hydrogens (primary N) is 1. The number of hydrogen-bond donors (Lipinski definition) is 2. The lowest BCUT2D eigenvalue weighted by Crippen LogP contribution is -2.35. The van der Waals surface area contributed by atoms with Gasteiger partial charge < -0.3 is 15.8 Å². The Morgan fingerprint density at radius 1 is 1.44 bits per heavy atom. The van der Waals surface area contributed by atoms with Gasteiger partial charge in [-0.25, -0.2) is 4.98 Å². The fraction of sp³-hybridized carbons (Fsp3) is 0.583. The molecule has 0 saturated carbocycles. The fourth-order valence-corrected chi connectivity index (χ4v) is 1.95. The maximum atomic E-state index is 5.56. The average molecular weight is 221 g/mol. The minimum absolute atomic E-state index is 0.613. The van der Waals surface area contributed by atoms with Crippen molar-refractivity contribution in [2.75, 3.05) is 18.9 Å². The van der Waals surface area contributed by atoms with Gasteiger partial charge >= 0.3 is 0 Å². The largest absolute Gasteiger partial charge is 0.478 e. The standard InChI is InChI=1S/C12H19N3O/c13-10-4-5-12(15-9-10)16-8-6-11-3-1-2-7-14-11/h4-5,9,11,14H,1-3,6-8,13H2. The molecule has 1 aliphatic rings. The molecule has 4 nitrogen and oxygen atoms in total. The van der Waals surface area contributed by atoms with Crippen LogP contribution in [0.4, 0.5) is 5.69 Å². The van der Waals surface area contributed by atoms with E-state index in [2.05, 4.69) is 10.3 Å². The fourth-order valence-electron chi connectivity index (χ4n) is 1.95. The highest BCUT2D eigenvalue weighted by molar-refractivity contribution is 5.35. The number of piperidine rings is 1. The third kappa shape index (κ3) is 3.38. The van der Waals surface area contributed by atoms with Crippen LogP contribution in [-0.4, -0.2) is 24.2 Å². The number of rotatable bonds is 4. The Hall–Kier alpha value is -1.29. The molecule has 1 atom stereocenters. The Labute approximate surface area is 96.2 Å². The summed E-state index contributed by atoms with van der Waals surface area (Å²) in [6.45, 7) is 1.86. The normalized spacial score (nSPS) is 20.6. The molecule has 1 aromatic rings. The minimum atomic E-state index is 0.613. The zero-order chi connectivity index (χ0) is 11.2. The molecule has 1 aliphatic heterocycles. The number of anilines is 1. The molecule has 1 fully saturated rings. The van der Waals surface area contributed by atoms with Crippen LogP contribution in [-0.2, 0) is 0 Å². The van der Waals surface area contributed by atoms with Crippen molar-refractivity contribution in [3.05, 3.63) is 18.3 Å². The summed E-state index contributed by atoms with van der Waals surface area (Å²) < 4.78 is 5.56. The topological polar surface area (TPSA) is 60.2 Å². The molecule has 0 aliphatic carbocycles. The summed E-state index contributed by atoms with van der Waals surface area (Å²) in [4.78, 5) is 4.09. The summed E-state index contributed by atoms with van der Waals surface area (Å²) in [5.74, 6) is 0.657. The summed E-state index contributed by atoms with van der Waals surface area (Å²) in [5.41, 5.74) is 6.21. The molecule has 0 spiro atoms. The molecule has 2 heterocycles. The van der Waals surface area contributed by atoms with E-state index in [-0.39, 0.29) is 0 Å². The molecule has 2 rings (SSSR count). The highest BCUT2D eigenvalue weighted by atomic mass is 16.5. The molecule has 0 amide bonds. The number of ether oxygens (including phenoxy) is 1. The Kier molecular flexibility index (Phi) is 3.99. The minimum Gasteiger partial charge on any atom is -0.478 e. The van der Waals surface area contributed by atoms with Crippen LogP contribution in [0.15, 0.2) is 18.3 Å². The number of hydrogen-bond acceptors (Lipinski definition) is 4. The van der Waals surface area contributed by atoms with E-state index in [1.165, 1.54) is 19.3 Å². The molecule has 0 aromatic carbocycles. The zero-order valence-electron chi connectivity index (χ0n) is 9.48. The second-order valence-electron chi connectivity index (χ2n) is 4.21. The maximum Gasteiger partial charge on any atom is 0.213 e. The van der Waals surface area contributed by atoms with Crippen molar-refractivity contribution in [3.8, 4) is 5.88 Å². The molecule has 0 bridgehead atoms. The van der Waals surface area contributed by atoms with Crippen LogP contribution in [0.3, 0.4) is 0 Å². The van der Waals surface area contributed by atoms with Gasteiger partial charge in [-0.3, -0.25) is 0 Å². The van der Waals surface area contributed by atoms with Crippen molar-refractivity contribution in [2.24, 2.45) is 0 Å². The van der Waals surface area contributed by atoms with Crippen LogP contribution < -0.4 is 15.8 Å². The summed E-state index contributed by atoms with van der Waals surface area (Å²) in [6, 6.07) is 4.23. The number of pyridine rings is 1. The van der Waals surface area contributed by atoms with Crippen LogP contribution in [0.25, 0.3) is 0 Å². The van der Waals surface area contributed by atoms with E-state index in [4.69, 9.17) is 10.5 Å². The first-order chi connectivity index (χ1) is 7.84. The quantitative estimate of drug-likeness (QED) is 0.810. The van der Waals surface area contributed by atoms with Gasteiger partial charge in [-0.05, 0) is 31.9 Å². The van der Waals surface area contributed by atoms with Gasteiger partial charge in [0.05, 0.1) is 18.5 Å². The predicted octanol–water partition coefficient (Wildman–Crippen LogP) is 1.57. The number of nitrogens with zero attached hydrogens (tertiary/aromatic N) is 1. The first-order valence-electron chi connectivity index (χ1n) is 5.92. The first kappa shape index (κ1) is 11.2. The number of aromatic nitrogens is 1. The molecule has 0 radical (unpaired) electrons. The number of nitrogens with one attached hydrogen (secondary N) is 1. The molecule has 3 N–H and O–H groups in total. The monoisotopic (exact) mass is 221 g/mol. The van der Waals surface area contributed by atoms with Crippen molar-refractivity contribution in [1.82, 2.24) is 10.3 Å². The Morgan fingerprint density at radius 2 is 2.38 bits per heavy atom. The van der Waals surface area contributed by atoms with Gasteiger partial charge in [-0.15, -0.1) is 0 Å². The van der Waals surface area contributed by atoms with Gasteiger partial charge in [-0.2, -0.15) is 0 Å². The lowest BCUT2D eigenvalue weighted by atomic mass is 10.0. The molecular weight excluding hydrogens is 202 g/mol. The average Bonchev–Trinajstić information content (AvgIpc) is 2.33. The highest BCUT2D eigenvalue weighted by Crippen LogP contribution is 2.12. The predicted molar refractivity (Wildman–Crippen MR) is 64.4 cm³/mol. The van der Waals surface area contributed by atoms with Crippen molar-refractivity contribution >= 4 is 5.69 Å². The smallest absolute Gasteiger partial charge is 0.213 e. The van der Waals surface area contributed by atoms with Gasteiger partial charge in [-0.1, -0.05) is 6.42 Å². The van der Waals surface area contributed by atoms with E-state index in [1.807, 2.05) is 6.07 Å². The van der Waals surface area contributed by atoms with Crippen LogP contribution >= 0.6 is 0 Å². The summed E-state index contributed by atoms with van der Waals surface area (Å²) in [7, 11) is 0. The SMILES string of the molecule is Nc1ccc(OCCC2CCCCN2)nc1. The van der Waals surface area contributed by atoms with E-state index < -0.39 is 0 Å². The van der Waals surface area contributed by atoms with Crippen molar-refractivity contribution in [2.45, 2.75) is 31.7 Å². The third-order valence-corrected chi connectivity index (χ3v) is 2.89. The molecule has 88 valence electrons. The van der Waals surface area contributed by atoms with E-state index in [0.29, 0.717) is 24.2 Å². The van der Waals surface area contributed by atoms with Crippen LogP contribution in [0.5, 0.6) is 5.88 Å². The Balaban J connectivity index is 1.69. The van der Waals surface area contributed by atoms with Gasteiger partial charge in [0.15, 0.2) is 0 Å². The number of nitrogen functional groups attached to an aromatic ring is 1. The van der Waals surface area contributed by atoms with Crippen LogP contribution in [0.2, 0.25) is 0 Å². The first-order valence-corrected chi connectivity index (χ1v) is 5.92. The maximum absolute atomic E-state index is 5.56. The van der Waals surface area contributed by atoms with Crippen LogP contribution in [0.1, 0.15) is 25.7 Å². The Bertz CT molecular complexity index is 307. The van der Waals surface area contributed by atoms with Crippen LogP contribution in [0, 0.1) is 0 Å². The van der Waals surface area contributed by atoms with Crippen molar-refractivity contribution < 1.29 is 4.74 Å². The summed E-state index contributed by atoms with van der Waals surface area (Å²) in [6.07, 6.45) is 6.56. The zero-order valence-corrected chi connectivity index (χ0v) is 9.48. The lowest BCUT2D eigenvalue weighted by molar-refractivity contribution is 0.261. The van der Waals surface area contributed by atoms with Gasteiger partial charge in [0.25, 0.3) is 0 Å². The molecule has 1 saturated heterocycles. The second-order valence-corrected chi connectivity index (χ2v) is 4.21. The van der Waals surface area contributed by atoms with Gasteiger partial charge in [0.1, 0.15) is 0 Å². The second kappa shape index (κ2) is 5.70. The van der Waals surface area contributed by atoms with E-state index in [1.54, 1.807) is 12.3 Å². The third-order valence-electron chi connectivity index (χ3n) is 2.89. The molecule has 1 aromatic heterocycles. The molecule has 4 heteroatoms. The van der Waals surface area contributed by atoms with Gasteiger partial charge in [0, 0.05) is 12.1 Å². The van der Waals surface area contributed by atoms with E-state index in [9.17, 15) is 0 Å².